The van der Waals surface area contributed by atoms with Crippen LogP contribution < -0.4 is 0 Å². The Morgan fingerprint density at radius 1 is 0.583 bits per heavy atom. The van der Waals surface area contributed by atoms with Crippen molar-refractivity contribution in [2.75, 3.05) is 0 Å². The molecular weight excluding hydrogens is 296 g/mol. The maximum Gasteiger partial charge on any atom is 0.0650 e. The van der Waals surface area contributed by atoms with E-state index in [4.69, 9.17) is 0 Å². The van der Waals surface area contributed by atoms with Gasteiger partial charge in [0, 0.05) is 11.4 Å². The van der Waals surface area contributed by atoms with Crippen molar-refractivity contribution in [3.05, 3.63) is 59.2 Å². The van der Waals surface area contributed by atoms with Crippen molar-refractivity contribution in [1.82, 2.24) is 19.6 Å². The Morgan fingerprint density at radius 2 is 1.00 bits per heavy atom. The van der Waals surface area contributed by atoms with Crippen molar-refractivity contribution in [3.63, 3.8) is 0 Å². The lowest BCUT2D eigenvalue weighted by molar-refractivity contribution is 0.651. The summed E-state index contributed by atoms with van der Waals surface area (Å²) in [6.45, 7) is 0. The van der Waals surface area contributed by atoms with E-state index in [1.165, 1.54) is 61.0 Å². The second-order valence-electron chi connectivity index (χ2n) is 6.99. The van der Waals surface area contributed by atoms with Gasteiger partial charge >= 0.3 is 0 Å². The zero-order chi connectivity index (χ0) is 15.9. The Hall–Kier alpha value is -2.36. The molecule has 0 aliphatic heterocycles. The van der Waals surface area contributed by atoms with Crippen molar-refractivity contribution >= 4 is 0 Å². The predicted octanol–water partition coefficient (Wildman–Crippen LogP) is 3.82. The predicted molar refractivity (Wildman–Crippen MR) is 94.0 cm³/mol. The average molecular weight is 318 g/mol. The summed E-state index contributed by atoms with van der Waals surface area (Å²) < 4.78 is 4.24. The fourth-order valence-corrected chi connectivity index (χ4v) is 4.16. The number of hydrogen-bond donors (Lipinski definition) is 0. The van der Waals surface area contributed by atoms with Crippen molar-refractivity contribution in [2.45, 2.75) is 51.4 Å². The van der Waals surface area contributed by atoms with Crippen LogP contribution in [0.3, 0.4) is 0 Å². The van der Waals surface area contributed by atoms with Gasteiger partial charge in [0.2, 0.25) is 0 Å². The van der Waals surface area contributed by atoms with Crippen molar-refractivity contribution < 1.29 is 0 Å². The van der Waals surface area contributed by atoms with Crippen LogP contribution in [0.4, 0.5) is 0 Å². The molecule has 5 rings (SSSR count). The van der Waals surface area contributed by atoms with Gasteiger partial charge in [-0.1, -0.05) is 0 Å². The van der Waals surface area contributed by atoms with Gasteiger partial charge in [0.1, 0.15) is 0 Å². The number of benzene rings is 1. The average Bonchev–Trinajstić information content (AvgIpc) is 3.26. The first-order valence-electron chi connectivity index (χ1n) is 9.12. The third-order valence-electron chi connectivity index (χ3n) is 5.47. The van der Waals surface area contributed by atoms with Crippen LogP contribution in [0, 0.1) is 0 Å². The fraction of sp³-hybridized carbons (Fsp3) is 0.400. The van der Waals surface area contributed by atoms with Crippen LogP contribution in [0.2, 0.25) is 0 Å². The Kier molecular flexibility index (Phi) is 3.28. The molecular formula is C20H22N4. The molecule has 0 N–H and O–H groups in total. The third kappa shape index (κ3) is 2.20. The first-order chi connectivity index (χ1) is 11.9. The van der Waals surface area contributed by atoms with Crippen molar-refractivity contribution in [3.8, 4) is 11.4 Å². The number of fused-ring (bicyclic) bond motifs is 2. The van der Waals surface area contributed by atoms with E-state index in [9.17, 15) is 0 Å². The minimum Gasteiger partial charge on any atom is -0.238 e. The van der Waals surface area contributed by atoms with Gasteiger partial charge in [-0.2, -0.15) is 10.2 Å². The van der Waals surface area contributed by atoms with E-state index in [0.717, 1.165) is 24.2 Å². The van der Waals surface area contributed by atoms with Crippen molar-refractivity contribution in [2.24, 2.45) is 0 Å². The van der Waals surface area contributed by atoms with Gasteiger partial charge in [-0.15, -0.1) is 0 Å². The monoisotopic (exact) mass is 318 g/mol. The molecule has 0 saturated heterocycles. The summed E-state index contributed by atoms with van der Waals surface area (Å²) in [5.74, 6) is 0. The van der Waals surface area contributed by atoms with Gasteiger partial charge in [-0.3, -0.25) is 0 Å². The molecule has 122 valence electrons. The Bertz CT molecular complexity index is 796. The molecule has 0 saturated carbocycles. The lowest BCUT2D eigenvalue weighted by Crippen LogP contribution is -2.09. The van der Waals surface area contributed by atoms with E-state index in [1.54, 1.807) is 0 Å². The van der Waals surface area contributed by atoms with E-state index in [2.05, 4.69) is 43.8 Å². The summed E-state index contributed by atoms with van der Waals surface area (Å²) in [4.78, 5) is 0. The van der Waals surface area contributed by atoms with Gasteiger partial charge in [0.15, 0.2) is 0 Å². The third-order valence-corrected chi connectivity index (χ3v) is 5.47. The molecule has 2 aromatic heterocycles. The van der Waals surface area contributed by atoms with Crippen LogP contribution in [-0.2, 0) is 25.7 Å². The van der Waals surface area contributed by atoms with Crippen LogP contribution in [0.5, 0.6) is 0 Å². The van der Waals surface area contributed by atoms with E-state index in [-0.39, 0.29) is 0 Å². The Labute approximate surface area is 142 Å². The van der Waals surface area contributed by atoms with E-state index < -0.39 is 0 Å². The molecule has 4 nitrogen and oxygen atoms in total. The smallest absolute Gasteiger partial charge is 0.0650 e. The van der Waals surface area contributed by atoms with Gasteiger partial charge in [-0.05, 0) is 86.8 Å². The summed E-state index contributed by atoms with van der Waals surface area (Å²) in [5, 5.41) is 9.25. The highest BCUT2D eigenvalue weighted by molar-refractivity contribution is 5.44. The highest BCUT2D eigenvalue weighted by Gasteiger charge is 2.17. The Morgan fingerprint density at radius 3 is 1.46 bits per heavy atom. The molecule has 3 aromatic rings. The molecule has 1 aromatic carbocycles. The van der Waals surface area contributed by atoms with Crippen LogP contribution in [0.25, 0.3) is 11.4 Å². The van der Waals surface area contributed by atoms with E-state index >= 15 is 0 Å². The normalized spacial score (nSPS) is 16.7. The fourth-order valence-electron chi connectivity index (χ4n) is 4.16. The number of aromatic nitrogens is 4. The number of aryl methyl sites for hydroxylation is 2. The van der Waals surface area contributed by atoms with E-state index in [0.29, 0.717) is 0 Å². The quantitative estimate of drug-likeness (QED) is 0.720. The molecule has 0 amide bonds. The standard InChI is InChI=1S/C20H22N4/c1-3-7-19-15(5-1)13-21-23(19)17-9-11-18(12-10-17)24-20-8-4-2-6-16(20)14-22-24/h9-14H,1-8H2. The van der Waals surface area contributed by atoms with Crippen LogP contribution >= 0.6 is 0 Å². The van der Waals surface area contributed by atoms with E-state index in [1.807, 2.05) is 12.4 Å². The summed E-state index contributed by atoms with van der Waals surface area (Å²) >= 11 is 0. The zero-order valence-electron chi connectivity index (χ0n) is 13.9. The molecule has 2 heterocycles. The SMILES string of the molecule is c1cc(-n2ncc3c2CCCC3)ccc1-n1ncc2c1CCCC2. The summed E-state index contributed by atoms with van der Waals surface area (Å²) in [6.07, 6.45) is 13.9. The second-order valence-corrected chi connectivity index (χ2v) is 6.99. The molecule has 2 aliphatic carbocycles. The summed E-state index contributed by atoms with van der Waals surface area (Å²) in [5.41, 5.74) is 7.94. The topological polar surface area (TPSA) is 35.6 Å². The molecule has 2 aliphatic rings. The minimum absolute atomic E-state index is 1.14. The van der Waals surface area contributed by atoms with Gasteiger partial charge in [-0.25, -0.2) is 9.36 Å². The number of nitrogens with zero attached hydrogens (tertiary/aromatic N) is 4. The highest BCUT2D eigenvalue weighted by atomic mass is 15.3. The van der Waals surface area contributed by atoms with Crippen LogP contribution in [-0.4, -0.2) is 19.6 Å². The molecule has 0 atom stereocenters. The maximum atomic E-state index is 4.62. The molecule has 0 bridgehead atoms. The van der Waals surface area contributed by atoms with Crippen LogP contribution in [0.15, 0.2) is 36.7 Å². The highest BCUT2D eigenvalue weighted by Crippen LogP contribution is 2.26. The summed E-state index contributed by atoms with van der Waals surface area (Å²) in [6, 6.07) is 8.70. The lowest BCUT2D eigenvalue weighted by atomic mass is 9.98. The molecule has 0 unspecified atom stereocenters. The first-order valence-corrected chi connectivity index (χ1v) is 9.12. The molecule has 0 radical (unpaired) electrons. The lowest BCUT2D eigenvalue weighted by Gasteiger charge is -2.15. The first kappa shape index (κ1) is 14.0. The molecule has 4 heteroatoms. The molecule has 0 fully saturated rings. The minimum atomic E-state index is 1.14. The summed E-state index contributed by atoms with van der Waals surface area (Å²) in [7, 11) is 0. The largest absolute Gasteiger partial charge is 0.238 e. The maximum absolute atomic E-state index is 4.62. The zero-order valence-corrected chi connectivity index (χ0v) is 13.9. The van der Waals surface area contributed by atoms with Gasteiger partial charge in [0.25, 0.3) is 0 Å². The van der Waals surface area contributed by atoms with Gasteiger partial charge in [0.05, 0.1) is 23.8 Å². The van der Waals surface area contributed by atoms with Crippen molar-refractivity contribution in [1.29, 1.82) is 0 Å². The van der Waals surface area contributed by atoms with Crippen LogP contribution in [0.1, 0.15) is 48.2 Å². The molecule has 0 spiro atoms. The number of hydrogen-bond acceptors (Lipinski definition) is 2. The second kappa shape index (κ2) is 5.62. The van der Waals surface area contributed by atoms with Gasteiger partial charge < -0.3 is 0 Å². The molecule has 24 heavy (non-hydrogen) atoms. The number of rotatable bonds is 2. The Balaban J connectivity index is 1.50.